The van der Waals surface area contributed by atoms with Crippen LogP contribution in [-0.2, 0) is 13.1 Å². The van der Waals surface area contributed by atoms with Gasteiger partial charge >= 0.3 is 0 Å². The molecule has 5 nitrogen and oxygen atoms in total. The fourth-order valence-electron chi connectivity index (χ4n) is 3.34. The molecule has 4 rings (SSSR count). The molecule has 2 heterocycles. The third kappa shape index (κ3) is 3.79. The minimum Gasteiger partial charge on any atom is -0.454 e. The summed E-state index contributed by atoms with van der Waals surface area (Å²) in [6.45, 7) is 3.98. The molecule has 2 aliphatic heterocycles. The number of benzene rings is 2. The second kappa shape index (κ2) is 7.56. The predicted octanol–water partition coefficient (Wildman–Crippen LogP) is 3.59. The summed E-state index contributed by atoms with van der Waals surface area (Å²) in [7, 11) is 0. The standard InChI is InChI=1S/C20H21ClN2O3/c21-17-9-16(10-18-19(17)26-13-25-18)20(24)22-11-14-3-5-15(6-4-14)12-23-7-1-2-8-23/h3-6,9-10H,1-2,7-8,11-13H2,(H,22,24). The molecule has 0 bridgehead atoms. The molecule has 0 unspecified atom stereocenters. The Bertz CT molecular complexity index is 801. The molecule has 6 heteroatoms. The zero-order valence-corrected chi connectivity index (χ0v) is 15.2. The largest absolute Gasteiger partial charge is 0.454 e. The van der Waals surface area contributed by atoms with E-state index in [-0.39, 0.29) is 12.7 Å². The fraction of sp³-hybridized carbons (Fsp3) is 0.350. The maximum Gasteiger partial charge on any atom is 0.251 e. The third-order valence-electron chi connectivity index (χ3n) is 4.77. The van der Waals surface area contributed by atoms with E-state index in [1.807, 2.05) is 0 Å². The summed E-state index contributed by atoms with van der Waals surface area (Å²) < 4.78 is 10.6. The van der Waals surface area contributed by atoms with Crippen molar-refractivity contribution in [3.8, 4) is 11.5 Å². The van der Waals surface area contributed by atoms with Crippen molar-refractivity contribution < 1.29 is 14.3 Å². The molecule has 0 saturated carbocycles. The van der Waals surface area contributed by atoms with E-state index >= 15 is 0 Å². The second-order valence-corrected chi connectivity index (χ2v) is 7.08. The highest BCUT2D eigenvalue weighted by molar-refractivity contribution is 6.32. The first-order valence-electron chi connectivity index (χ1n) is 8.86. The number of nitrogens with one attached hydrogen (secondary N) is 1. The number of carbonyl (C=O) groups is 1. The Hall–Kier alpha value is -2.24. The minimum absolute atomic E-state index is 0.129. The molecule has 0 aliphatic carbocycles. The van der Waals surface area contributed by atoms with Gasteiger partial charge in [-0.2, -0.15) is 0 Å². The summed E-state index contributed by atoms with van der Waals surface area (Å²) >= 11 is 6.13. The van der Waals surface area contributed by atoms with Gasteiger partial charge in [0.2, 0.25) is 6.79 Å². The van der Waals surface area contributed by atoms with Gasteiger partial charge in [0, 0.05) is 18.7 Å². The molecule has 1 saturated heterocycles. The molecule has 1 N–H and O–H groups in total. The van der Waals surface area contributed by atoms with Crippen molar-refractivity contribution >= 4 is 17.5 Å². The van der Waals surface area contributed by atoms with Gasteiger partial charge in [-0.15, -0.1) is 0 Å². The highest BCUT2D eigenvalue weighted by atomic mass is 35.5. The number of halogens is 1. The Morgan fingerprint density at radius 1 is 1.08 bits per heavy atom. The molecule has 0 radical (unpaired) electrons. The van der Waals surface area contributed by atoms with Gasteiger partial charge in [-0.1, -0.05) is 35.9 Å². The summed E-state index contributed by atoms with van der Waals surface area (Å²) in [5.41, 5.74) is 2.84. The van der Waals surface area contributed by atoms with Crippen LogP contribution < -0.4 is 14.8 Å². The number of likely N-dealkylation sites (tertiary alicyclic amines) is 1. The van der Waals surface area contributed by atoms with Gasteiger partial charge < -0.3 is 14.8 Å². The number of nitrogens with zero attached hydrogens (tertiary/aromatic N) is 1. The van der Waals surface area contributed by atoms with Gasteiger partial charge in [-0.25, -0.2) is 0 Å². The van der Waals surface area contributed by atoms with Crippen LogP contribution in [0.5, 0.6) is 11.5 Å². The van der Waals surface area contributed by atoms with E-state index in [2.05, 4.69) is 34.5 Å². The average molecular weight is 373 g/mol. The molecule has 26 heavy (non-hydrogen) atoms. The highest BCUT2D eigenvalue weighted by Gasteiger charge is 2.20. The Morgan fingerprint density at radius 2 is 1.81 bits per heavy atom. The Morgan fingerprint density at radius 3 is 2.58 bits per heavy atom. The molecule has 2 aromatic rings. The van der Waals surface area contributed by atoms with Crippen LogP contribution in [0.3, 0.4) is 0 Å². The lowest BCUT2D eigenvalue weighted by atomic mass is 10.1. The number of ether oxygens (including phenoxy) is 2. The number of rotatable bonds is 5. The number of hydrogen-bond acceptors (Lipinski definition) is 4. The molecular formula is C20H21ClN2O3. The van der Waals surface area contributed by atoms with E-state index in [1.165, 1.54) is 31.5 Å². The monoisotopic (exact) mass is 372 g/mol. The van der Waals surface area contributed by atoms with Crippen LogP contribution >= 0.6 is 11.6 Å². The zero-order chi connectivity index (χ0) is 17.9. The summed E-state index contributed by atoms with van der Waals surface area (Å²) in [4.78, 5) is 14.9. The summed E-state index contributed by atoms with van der Waals surface area (Å²) in [5, 5.41) is 3.31. The molecular weight excluding hydrogens is 352 g/mol. The van der Waals surface area contributed by atoms with Gasteiger partial charge in [0.25, 0.3) is 5.91 Å². The normalized spacial score (nSPS) is 16.0. The van der Waals surface area contributed by atoms with E-state index in [1.54, 1.807) is 12.1 Å². The lowest BCUT2D eigenvalue weighted by molar-refractivity contribution is 0.0950. The van der Waals surface area contributed by atoms with Crippen LogP contribution in [0.2, 0.25) is 5.02 Å². The smallest absolute Gasteiger partial charge is 0.251 e. The molecule has 2 aliphatic rings. The molecule has 0 atom stereocenters. The zero-order valence-electron chi connectivity index (χ0n) is 14.5. The van der Waals surface area contributed by atoms with Crippen LogP contribution in [0.25, 0.3) is 0 Å². The molecule has 2 aromatic carbocycles. The maximum absolute atomic E-state index is 12.4. The Kier molecular flexibility index (Phi) is 5.00. The molecule has 0 aromatic heterocycles. The van der Waals surface area contributed by atoms with E-state index in [0.717, 1.165) is 12.1 Å². The number of fused-ring (bicyclic) bond motifs is 1. The number of amides is 1. The first-order valence-corrected chi connectivity index (χ1v) is 9.24. The van der Waals surface area contributed by atoms with Crippen LogP contribution in [0.15, 0.2) is 36.4 Å². The van der Waals surface area contributed by atoms with E-state index in [0.29, 0.717) is 28.6 Å². The second-order valence-electron chi connectivity index (χ2n) is 6.67. The molecule has 0 spiro atoms. The van der Waals surface area contributed by atoms with Gasteiger partial charge in [0.15, 0.2) is 11.5 Å². The lowest BCUT2D eigenvalue weighted by Gasteiger charge is -2.14. The van der Waals surface area contributed by atoms with Crippen molar-refractivity contribution in [2.75, 3.05) is 19.9 Å². The number of carbonyl (C=O) groups excluding carboxylic acids is 1. The van der Waals surface area contributed by atoms with E-state index in [9.17, 15) is 4.79 Å². The quantitative estimate of drug-likeness (QED) is 0.871. The van der Waals surface area contributed by atoms with E-state index < -0.39 is 0 Å². The van der Waals surface area contributed by atoms with Crippen molar-refractivity contribution in [3.05, 3.63) is 58.1 Å². The minimum atomic E-state index is -0.189. The van der Waals surface area contributed by atoms with Crippen LogP contribution in [-0.4, -0.2) is 30.7 Å². The topological polar surface area (TPSA) is 50.8 Å². The lowest BCUT2D eigenvalue weighted by Crippen LogP contribution is -2.23. The van der Waals surface area contributed by atoms with Crippen molar-refractivity contribution in [1.29, 1.82) is 0 Å². The first-order chi connectivity index (χ1) is 12.7. The maximum atomic E-state index is 12.4. The van der Waals surface area contributed by atoms with E-state index in [4.69, 9.17) is 21.1 Å². The Balaban J connectivity index is 1.35. The summed E-state index contributed by atoms with van der Waals surface area (Å²) in [6, 6.07) is 11.7. The molecule has 1 fully saturated rings. The third-order valence-corrected chi connectivity index (χ3v) is 5.05. The predicted molar refractivity (Wildman–Crippen MR) is 99.7 cm³/mol. The van der Waals surface area contributed by atoms with Crippen LogP contribution in [0, 0.1) is 0 Å². The average Bonchev–Trinajstić information content (AvgIpc) is 3.32. The fourth-order valence-corrected chi connectivity index (χ4v) is 3.61. The molecule has 136 valence electrons. The van der Waals surface area contributed by atoms with Crippen molar-refractivity contribution in [1.82, 2.24) is 10.2 Å². The summed E-state index contributed by atoms with van der Waals surface area (Å²) in [5.74, 6) is 0.817. The van der Waals surface area contributed by atoms with Crippen molar-refractivity contribution in [2.45, 2.75) is 25.9 Å². The van der Waals surface area contributed by atoms with Gasteiger partial charge in [0.1, 0.15) is 0 Å². The SMILES string of the molecule is O=C(NCc1ccc(CN2CCCC2)cc1)c1cc(Cl)c2c(c1)OCO2. The van der Waals surface area contributed by atoms with Gasteiger partial charge in [-0.05, 0) is 49.2 Å². The van der Waals surface area contributed by atoms with Gasteiger partial charge in [-0.3, -0.25) is 9.69 Å². The summed E-state index contributed by atoms with van der Waals surface area (Å²) in [6.07, 6.45) is 2.60. The van der Waals surface area contributed by atoms with Gasteiger partial charge in [0.05, 0.1) is 5.02 Å². The van der Waals surface area contributed by atoms with Crippen LogP contribution in [0.4, 0.5) is 0 Å². The number of hydrogen-bond donors (Lipinski definition) is 1. The highest BCUT2D eigenvalue weighted by Crippen LogP contribution is 2.39. The molecule has 1 amide bonds. The Labute approximate surface area is 157 Å². The first kappa shape index (κ1) is 17.2. The van der Waals surface area contributed by atoms with Crippen LogP contribution in [0.1, 0.15) is 34.3 Å². The van der Waals surface area contributed by atoms with Crippen molar-refractivity contribution in [3.63, 3.8) is 0 Å². The van der Waals surface area contributed by atoms with Crippen molar-refractivity contribution in [2.24, 2.45) is 0 Å².